The van der Waals surface area contributed by atoms with E-state index < -0.39 is 23.5 Å². The zero-order chi connectivity index (χ0) is 15.1. The number of aryl methyl sites for hydroxylation is 2. The van der Waals surface area contributed by atoms with E-state index in [4.69, 9.17) is 5.11 Å². The molecule has 1 aromatic heterocycles. The molecule has 1 unspecified atom stereocenters. The van der Waals surface area contributed by atoms with Crippen molar-refractivity contribution >= 4 is 28.1 Å². The predicted octanol–water partition coefficient (Wildman–Crippen LogP) is 3.59. The average molecular weight is 310 g/mol. The van der Waals surface area contributed by atoms with Crippen LogP contribution in [-0.2, 0) is 11.2 Å². The van der Waals surface area contributed by atoms with Crippen molar-refractivity contribution in [1.29, 1.82) is 0 Å². The molecule has 0 bridgehead atoms. The number of fused-ring (bicyclic) bond motifs is 1. The lowest BCUT2D eigenvalue weighted by Crippen LogP contribution is -2.08. The molecule has 7 heteroatoms. The lowest BCUT2D eigenvalue weighted by Gasteiger charge is -2.07. The number of carboxylic acids is 1. The molecule has 0 amide bonds. The molecular formula is C14H12F2N2O2S. The summed E-state index contributed by atoms with van der Waals surface area (Å²) in [6.45, 7) is 1.48. The first-order chi connectivity index (χ1) is 9.95. The van der Waals surface area contributed by atoms with E-state index in [2.05, 4.69) is 10.3 Å². The van der Waals surface area contributed by atoms with Crippen molar-refractivity contribution in [2.24, 2.45) is 0 Å². The van der Waals surface area contributed by atoms with Gasteiger partial charge in [0.25, 0.3) is 0 Å². The Hall–Kier alpha value is -2.02. The predicted molar refractivity (Wildman–Crippen MR) is 75.2 cm³/mol. The maximum absolute atomic E-state index is 13.8. The zero-order valence-corrected chi connectivity index (χ0v) is 11.9. The van der Waals surface area contributed by atoms with E-state index in [0.29, 0.717) is 23.7 Å². The molecule has 0 fully saturated rings. The number of hydrogen-bond donors (Lipinski definition) is 2. The molecule has 1 aromatic carbocycles. The summed E-state index contributed by atoms with van der Waals surface area (Å²) in [6, 6.07) is 2.19. The minimum absolute atomic E-state index is 0.00241. The lowest BCUT2D eigenvalue weighted by molar-refractivity contribution is -0.138. The number of anilines is 2. The fourth-order valence-corrected chi connectivity index (χ4v) is 3.43. The zero-order valence-electron chi connectivity index (χ0n) is 11.1. The van der Waals surface area contributed by atoms with Gasteiger partial charge in [0.1, 0.15) is 17.6 Å². The molecule has 110 valence electrons. The van der Waals surface area contributed by atoms with E-state index in [0.717, 1.165) is 17.0 Å². The summed E-state index contributed by atoms with van der Waals surface area (Å²) in [4.78, 5) is 16.2. The second kappa shape index (κ2) is 5.07. The molecule has 2 aromatic rings. The molecule has 0 saturated heterocycles. The quantitative estimate of drug-likeness (QED) is 0.909. The smallest absolute Gasteiger partial charge is 0.312 e. The molecule has 2 N–H and O–H groups in total. The van der Waals surface area contributed by atoms with Gasteiger partial charge in [-0.15, -0.1) is 11.3 Å². The van der Waals surface area contributed by atoms with Gasteiger partial charge in [0, 0.05) is 10.9 Å². The van der Waals surface area contributed by atoms with Crippen LogP contribution in [0.25, 0.3) is 0 Å². The van der Waals surface area contributed by atoms with Crippen molar-refractivity contribution in [2.45, 2.75) is 25.7 Å². The fourth-order valence-electron chi connectivity index (χ4n) is 2.38. The van der Waals surface area contributed by atoms with Gasteiger partial charge in [-0.2, -0.15) is 0 Å². The largest absolute Gasteiger partial charge is 0.481 e. The van der Waals surface area contributed by atoms with Gasteiger partial charge in [-0.25, -0.2) is 13.8 Å². The molecule has 0 radical (unpaired) electrons. The van der Waals surface area contributed by atoms with Crippen LogP contribution in [0.3, 0.4) is 0 Å². The van der Waals surface area contributed by atoms with E-state index in [9.17, 15) is 13.6 Å². The van der Waals surface area contributed by atoms with E-state index in [1.807, 2.05) is 0 Å². The first-order valence-corrected chi connectivity index (χ1v) is 7.22. The first-order valence-electron chi connectivity index (χ1n) is 6.41. The number of halogens is 2. The summed E-state index contributed by atoms with van der Waals surface area (Å²) < 4.78 is 27.3. The Balaban J connectivity index is 1.89. The number of carbonyl (C=O) groups is 1. The molecule has 21 heavy (non-hydrogen) atoms. The number of nitrogens with one attached hydrogen (secondary N) is 1. The highest BCUT2D eigenvalue weighted by Gasteiger charge is 2.32. The number of aliphatic carboxylic acids is 1. The highest BCUT2D eigenvalue weighted by atomic mass is 32.1. The number of benzene rings is 1. The third-order valence-electron chi connectivity index (χ3n) is 3.51. The Morgan fingerprint density at radius 1 is 1.43 bits per heavy atom. The third-order valence-corrected chi connectivity index (χ3v) is 4.55. The highest BCUT2D eigenvalue weighted by molar-refractivity contribution is 7.15. The number of nitrogens with zero attached hydrogens (tertiary/aromatic N) is 1. The van der Waals surface area contributed by atoms with Gasteiger partial charge in [-0.1, -0.05) is 0 Å². The van der Waals surface area contributed by atoms with Crippen LogP contribution in [0.15, 0.2) is 12.1 Å². The maximum atomic E-state index is 13.8. The maximum Gasteiger partial charge on any atom is 0.312 e. The number of thiazole rings is 1. The van der Waals surface area contributed by atoms with Gasteiger partial charge in [0.15, 0.2) is 5.13 Å². The SMILES string of the molecule is Cc1cc(F)c(Nc2nc3c(s2)CCC3C(=O)O)cc1F. The molecule has 4 nitrogen and oxygen atoms in total. The van der Waals surface area contributed by atoms with E-state index in [1.165, 1.54) is 18.3 Å². The number of rotatable bonds is 3. The molecular weight excluding hydrogens is 298 g/mol. The summed E-state index contributed by atoms with van der Waals surface area (Å²) in [7, 11) is 0. The van der Waals surface area contributed by atoms with Gasteiger partial charge < -0.3 is 10.4 Å². The average Bonchev–Trinajstić information content (AvgIpc) is 2.95. The van der Waals surface area contributed by atoms with Crippen LogP contribution in [-0.4, -0.2) is 16.1 Å². The van der Waals surface area contributed by atoms with Gasteiger partial charge in [0.05, 0.1) is 11.4 Å². The second-order valence-corrected chi connectivity index (χ2v) is 6.05. The van der Waals surface area contributed by atoms with Crippen molar-refractivity contribution < 1.29 is 18.7 Å². The summed E-state index contributed by atoms with van der Waals surface area (Å²) in [5, 5.41) is 12.2. The Kier molecular flexibility index (Phi) is 3.36. The standard InChI is InChI=1S/C14H12F2N2O2S/c1-6-4-9(16)10(5-8(6)15)17-14-18-12-7(13(19)20)2-3-11(12)21-14/h4-5,7H,2-3H2,1H3,(H,17,18)(H,19,20). The van der Waals surface area contributed by atoms with Crippen molar-refractivity contribution in [3.63, 3.8) is 0 Å². The molecule has 1 aliphatic rings. The van der Waals surface area contributed by atoms with Crippen LogP contribution in [0.5, 0.6) is 0 Å². The topological polar surface area (TPSA) is 62.2 Å². The van der Waals surface area contributed by atoms with Crippen LogP contribution in [0.1, 0.15) is 28.5 Å². The third kappa shape index (κ3) is 2.49. The minimum atomic E-state index is -0.904. The summed E-state index contributed by atoms with van der Waals surface area (Å²) in [6.07, 6.45) is 1.19. The van der Waals surface area contributed by atoms with Crippen LogP contribution in [0.4, 0.5) is 19.6 Å². The van der Waals surface area contributed by atoms with Crippen molar-refractivity contribution in [3.8, 4) is 0 Å². The minimum Gasteiger partial charge on any atom is -0.481 e. The molecule has 3 rings (SSSR count). The molecule has 0 aliphatic heterocycles. The van der Waals surface area contributed by atoms with Crippen molar-refractivity contribution in [1.82, 2.24) is 4.98 Å². The van der Waals surface area contributed by atoms with E-state index in [-0.39, 0.29) is 11.3 Å². The van der Waals surface area contributed by atoms with Gasteiger partial charge >= 0.3 is 5.97 Å². The van der Waals surface area contributed by atoms with E-state index >= 15 is 0 Å². The molecule has 0 spiro atoms. The molecule has 0 saturated carbocycles. The van der Waals surface area contributed by atoms with E-state index in [1.54, 1.807) is 0 Å². The molecule has 1 heterocycles. The fraction of sp³-hybridized carbons (Fsp3) is 0.286. The van der Waals surface area contributed by atoms with Gasteiger partial charge in [-0.05, 0) is 31.4 Å². The van der Waals surface area contributed by atoms with Crippen LogP contribution in [0.2, 0.25) is 0 Å². The normalized spacial score (nSPS) is 16.8. The first kappa shape index (κ1) is 13.9. The number of hydrogen-bond acceptors (Lipinski definition) is 4. The number of aromatic nitrogens is 1. The van der Waals surface area contributed by atoms with Crippen LogP contribution in [0, 0.1) is 18.6 Å². The second-order valence-electron chi connectivity index (χ2n) is 4.96. The Morgan fingerprint density at radius 3 is 2.90 bits per heavy atom. The van der Waals surface area contributed by atoms with Crippen LogP contribution < -0.4 is 5.32 Å². The summed E-state index contributed by atoms with van der Waals surface area (Å²) >= 11 is 1.28. The summed E-state index contributed by atoms with van der Waals surface area (Å²) in [5.74, 6) is -2.59. The van der Waals surface area contributed by atoms with Gasteiger partial charge in [-0.3, -0.25) is 4.79 Å². The number of carboxylic acid groups (broad SMARTS) is 1. The Bertz CT molecular complexity index is 730. The molecule has 1 atom stereocenters. The van der Waals surface area contributed by atoms with Crippen molar-refractivity contribution in [3.05, 3.63) is 39.9 Å². The lowest BCUT2D eigenvalue weighted by atomic mass is 10.1. The molecule has 1 aliphatic carbocycles. The van der Waals surface area contributed by atoms with Crippen LogP contribution >= 0.6 is 11.3 Å². The van der Waals surface area contributed by atoms with Crippen molar-refractivity contribution in [2.75, 3.05) is 5.32 Å². The monoisotopic (exact) mass is 310 g/mol. The van der Waals surface area contributed by atoms with Gasteiger partial charge in [0.2, 0.25) is 0 Å². The Morgan fingerprint density at radius 2 is 2.19 bits per heavy atom. The Labute approximate surface area is 123 Å². The summed E-state index contributed by atoms with van der Waals surface area (Å²) in [5.41, 5.74) is 0.756. The highest BCUT2D eigenvalue weighted by Crippen LogP contribution is 2.39.